The third kappa shape index (κ3) is 5.38. The first-order valence-corrected chi connectivity index (χ1v) is 7.60. The Morgan fingerprint density at radius 2 is 2.10 bits per heavy atom. The first kappa shape index (κ1) is 17.5. The number of unbranched alkanes of at least 4 members (excludes halogenated alkanes) is 1. The summed E-state index contributed by atoms with van der Waals surface area (Å²) in [5, 5.41) is 2.99. The number of rotatable bonds is 9. The maximum absolute atomic E-state index is 11.4. The van der Waals surface area contributed by atoms with Gasteiger partial charge >= 0.3 is 0 Å². The second-order valence-electron chi connectivity index (χ2n) is 5.98. The quantitative estimate of drug-likeness (QED) is 0.688. The first-order chi connectivity index (χ1) is 9.89. The second kappa shape index (κ2) is 8.03. The van der Waals surface area contributed by atoms with Gasteiger partial charge in [-0.25, -0.2) is 0 Å². The molecule has 4 heteroatoms. The van der Waals surface area contributed by atoms with Crippen LogP contribution >= 0.6 is 0 Å². The summed E-state index contributed by atoms with van der Waals surface area (Å²) in [6, 6.07) is 8.21. The number of hydrogen-bond acceptors (Lipinski definition) is 3. The van der Waals surface area contributed by atoms with Gasteiger partial charge in [0.25, 0.3) is 0 Å². The Balaban J connectivity index is 2.35. The number of primary amides is 1. The monoisotopic (exact) mass is 292 g/mol. The Bertz CT molecular complexity index is 460. The number of nitrogens with two attached hydrogens (primary N) is 1. The molecule has 1 aromatic carbocycles. The smallest absolute Gasteiger partial charge is 0.237 e. The molecule has 1 rings (SSSR count). The van der Waals surface area contributed by atoms with Crippen molar-refractivity contribution in [1.82, 2.24) is 5.32 Å². The molecule has 0 fully saturated rings. The standard InChI is InChI=1S/C17H28N2O2/c1-13(2)14-8-7-9-15(12-14)21-11-6-5-10-17(3,19-4)16(18)20/h7-9,12-13,19H,5-6,10-11H2,1-4H3,(H2,18,20). The van der Waals surface area contributed by atoms with E-state index in [1.165, 1.54) is 5.56 Å². The van der Waals surface area contributed by atoms with Gasteiger partial charge in [-0.1, -0.05) is 26.0 Å². The van der Waals surface area contributed by atoms with Gasteiger partial charge in [-0.2, -0.15) is 0 Å². The molecule has 0 radical (unpaired) electrons. The Kier molecular flexibility index (Phi) is 6.69. The molecule has 0 aliphatic heterocycles. The van der Waals surface area contributed by atoms with Gasteiger partial charge in [0.05, 0.1) is 12.1 Å². The molecule has 1 unspecified atom stereocenters. The van der Waals surface area contributed by atoms with Crippen molar-refractivity contribution in [3.8, 4) is 5.75 Å². The van der Waals surface area contributed by atoms with Crippen LogP contribution in [-0.4, -0.2) is 25.1 Å². The third-order valence-electron chi connectivity index (χ3n) is 3.96. The molecule has 118 valence electrons. The van der Waals surface area contributed by atoms with Crippen LogP contribution in [0.3, 0.4) is 0 Å². The van der Waals surface area contributed by atoms with Gasteiger partial charge in [0.2, 0.25) is 5.91 Å². The zero-order valence-corrected chi connectivity index (χ0v) is 13.6. The average Bonchev–Trinajstić information content (AvgIpc) is 2.46. The van der Waals surface area contributed by atoms with Crippen LogP contribution in [0.4, 0.5) is 0 Å². The number of nitrogens with one attached hydrogen (secondary N) is 1. The summed E-state index contributed by atoms with van der Waals surface area (Å²) >= 11 is 0. The molecule has 1 aromatic rings. The minimum absolute atomic E-state index is 0.310. The van der Waals surface area contributed by atoms with Crippen LogP contribution in [0.25, 0.3) is 0 Å². The van der Waals surface area contributed by atoms with Crippen molar-refractivity contribution in [3.05, 3.63) is 29.8 Å². The molecule has 4 nitrogen and oxygen atoms in total. The van der Waals surface area contributed by atoms with Gasteiger partial charge in [-0.05, 0) is 56.8 Å². The van der Waals surface area contributed by atoms with Crippen molar-refractivity contribution in [3.63, 3.8) is 0 Å². The summed E-state index contributed by atoms with van der Waals surface area (Å²) in [5.74, 6) is 1.10. The van der Waals surface area contributed by atoms with Crippen molar-refractivity contribution in [2.45, 2.75) is 51.5 Å². The maximum atomic E-state index is 11.4. The number of carbonyl (C=O) groups excluding carboxylic acids is 1. The Morgan fingerprint density at radius 1 is 1.38 bits per heavy atom. The van der Waals surface area contributed by atoms with Gasteiger partial charge in [0.15, 0.2) is 0 Å². The number of likely N-dealkylation sites (N-methyl/N-ethyl adjacent to an activating group) is 1. The van der Waals surface area contributed by atoms with Crippen molar-refractivity contribution < 1.29 is 9.53 Å². The van der Waals surface area contributed by atoms with E-state index in [1.54, 1.807) is 7.05 Å². The molecular weight excluding hydrogens is 264 g/mol. The SMILES string of the molecule is CNC(C)(CCCCOc1cccc(C(C)C)c1)C(N)=O. The lowest BCUT2D eigenvalue weighted by Crippen LogP contribution is -2.51. The Morgan fingerprint density at radius 3 is 2.67 bits per heavy atom. The molecular formula is C17H28N2O2. The van der Waals surface area contributed by atoms with Gasteiger partial charge < -0.3 is 15.8 Å². The fraction of sp³-hybridized carbons (Fsp3) is 0.588. The molecule has 0 bridgehead atoms. The summed E-state index contributed by atoms with van der Waals surface area (Å²) in [7, 11) is 1.76. The zero-order chi connectivity index (χ0) is 15.9. The predicted octanol–water partition coefficient (Wildman–Crippen LogP) is 2.82. The lowest BCUT2D eigenvalue weighted by atomic mass is 9.94. The Labute approximate surface area is 128 Å². The summed E-state index contributed by atoms with van der Waals surface area (Å²) in [5.41, 5.74) is 6.05. The fourth-order valence-corrected chi connectivity index (χ4v) is 2.11. The largest absolute Gasteiger partial charge is 0.494 e. The second-order valence-corrected chi connectivity index (χ2v) is 5.98. The van der Waals surface area contributed by atoms with E-state index in [2.05, 4.69) is 31.3 Å². The fourth-order valence-electron chi connectivity index (χ4n) is 2.11. The van der Waals surface area contributed by atoms with E-state index in [0.29, 0.717) is 18.9 Å². The van der Waals surface area contributed by atoms with E-state index >= 15 is 0 Å². The predicted molar refractivity (Wildman–Crippen MR) is 86.5 cm³/mol. The number of amides is 1. The minimum atomic E-state index is -0.627. The van der Waals surface area contributed by atoms with Crippen LogP contribution in [0.15, 0.2) is 24.3 Å². The van der Waals surface area contributed by atoms with Crippen LogP contribution in [0, 0.1) is 0 Å². The van der Waals surface area contributed by atoms with Gasteiger partial charge in [-0.15, -0.1) is 0 Å². The van der Waals surface area contributed by atoms with Gasteiger partial charge in [0, 0.05) is 0 Å². The molecule has 0 saturated heterocycles. The summed E-state index contributed by atoms with van der Waals surface area (Å²) in [4.78, 5) is 11.4. The van der Waals surface area contributed by atoms with Crippen LogP contribution in [-0.2, 0) is 4.79 Å². The number of ether oxygens (including phenoxy) is 1. The normalized spacial score (nSPS) is 14.0. The molecule has 1 atom stereocenters. The van der Waals surface area contributed by atoms with E-state index in [4.69, 9.17) is 10.5 Å². The maximum Gasteiger partial charge on any atom is 0.237 e. The van der Waals surface area contributed by atoms with Crippen LogP contribution in [0.5, 0.6) is 5.75 Å². The molecule has 0 aliphatic carbocycles. The number of hydrogen-bond donors (Lipinski definition) is 2. The van der Waals surface area contributed by atoms with Crippen molar-refractivity contribution in [2.75, 3.05) is 13.7 Å². The van der Waals surface area contributed by atoms with Crippen LogP contribution in [0.1, 0.15) is 51.5 Å². The molecule has 0 aromatic heterocycles. The molecule has 0 heterocycles. The van der Waals surface area contributed by atoms with E-state index in [9.17, 15) is 4.79 Å². The lowest BCUT2D eigenvalue weighted by molar-refractivity contribution is -0.123. The van der Waals surface area contributed by atoms with E-state index < -0.39 is 5.54 Å². The summed E-state index contributed by atoms with van der Waals surface area (Å²) in [6.45, 7) is 6.82. The Hall–Kier alpha value is -1.55. The summed E-state index contributed by atoms with van der Waals surface area (Å²) < 4.78 is 5.77. The van der Waals surface area contributed by atoms with E-state index in [-0.39, 0.29) is 5.91 Å². The number of benzene rings is 1. The third-order valence-corrected chi connectivity index (χ3v) is 3.96. The average molecular weight is 292 g/mol. The summed E-state index contributed by atoms with van der Waals surface area (Å²) in [6.07, 6.45) is 2.51. The molecule has 1 amide bonds. The van der Waals surface area contributed by atoms with E-state index in [1.807, 2.05) is 19.1 Å². The highest BCUT2D eigenvalue weighted by molar-refractivity contribution is 5.84. The van der Waals surface area contributed by atoms with Crippen molar-refractivity contribution in [2.24, 2.45) is 5.73 Å². The highest BCUT2D eigenvalue weighted by atomic mass is 16.5. The zero-order valence-electron chi connectivity index (χ0n) is 13.6. The highest BCUT2D eigenvalue weighted by Gasteiger charge is 2.27. The molecule has 3 N–H and O–H groups in total. The van der Waals surface area contributed by atoms with Crippen molar-refractivity contribution >= 4 is 5.91 Å². The van der Waals surface area contributed by atoms with Gasteiger partial charge in [0.1, 0.15) is 5.75 Å². The molecule has 0 saturated carbocycles. The van der Waals surface area contributed by atoms with E-state index in [0.717, 1.165) is 18.6 Å². The topological polar surface area (TPSA) is 64.3 Å². The first-order valence-electron chi connectivity index (χ1n) is 7.60. The lowest BCUT2D eigenvalue weighted by Gasteiger charge is -2.25. The van der Waals surface area contributed by atoms with Gasteiger partial charge in [-0.3, -0.25) is 4.79 Å². The molecule has 21 heavy (non-hydrogen) atoms. The highest BCUT2D eigenvalue weighted by Crippen LogP contribution is 2.20. The number of carbonyl (C=O) groups is 1. The minimum Gasteiger partial charge on any atom is -0.494 e. The van der Waals surface area contributed by atoms with Crippen LogP contribution < -0.4 is 15.8 Å². The van der Waals surface area contributed by atoms with Crippen molar-refractivity contribution in [1.29, 1.82) is 0 Å². The van der Waals surface area contributed by atoms with Crippen LogP contribution in [0.2, 0.25) is 0 Å². The molecule has 0 aliphatic rings. The molecule has 0 spiro atoms.